The van der Waals surface area contributed by atoms with Gasteiger partial charge in [0.2, 0.25) is 0 Å². The number of nitrogens with zero attached hydrogens (tertiary/aromatic N) is 2. The molecule has 0 saturated heterocycles. The highest BCUT2D eigenvalue weighted by atomic mass is 32.2. The second-order valence-corrected chi connectivity index (χ2v) is 7.60. The Morgan fingerprint density at radius 3 is 2.37 bits per heavy atom. The van der Waals surface area contributed by atoms with E-state index in [1.807, 2.05) is 85.8 Å². The maximum atomic E-state index is 12.5. The Labute approximate surface area is 179 Å². The number of hydrogen-bond acceptors (Lipinski definition) is 6. The van der Waals surface area contributed by atoms with Gasteiger partial charge in [0.15, 0.2) is 12.4 Å². The summed E-state index contributed by atoms with van der Waals surface area (Å²) in [5.41, 5.74) is 3.90. The zero-order valence-electron chi connectivity index (χ0n) is 16.4. The van der Waals surface area contributed by atoms with Crippen LogP contribution in [-0.2, 0) is 6.61 Å². The van der Waals surface area contributed by atoms with Crippen LogP contribution in [0.4, 0.5) is 0 Å². The minimum Gasteiger partial charge on any atom is -0.484 e. The molecule has 0 fully saturated rings. The van der Waals surface area contributed by atoms with E-state index in [2.05, 4.69) is 10.2 Å². The molecule has 3 aromatic carbocycles. The number of Topliss-reactive ketones (excluding diaryl/α,β-unsaturated/α-hetero) is 1. The van der Waals surface area contributed by atoms with Crippen LogP contribution < -0.4 is 4.74 Å². The first-order valence-corrected chi connectivity index (χ1v) is 10.5. The van der Waals surface area contributed by atoms with Gasteiger partial charge in [-0.2, -0.15) is 0 Å². The van der Waals surface area contributed by atoms with Crippen molar-refractivity contribution in [3.63, 3.8) is 0 Å². The molecule has 1 heterocycles. The topological polar surface area (TPSA) is 65.2 Å². The second kappa shape index (κ2) is 9.41. The second-order valence-electron chi connectivity index (χ2n) is 6.67. The van der Waals surface area contributed by atoms with Crippen molar-refractivity contribution in [2.24, 2.45) is 0 Å². The number of thioether (sulfide) groups is 1. The summed E-state index contributed by atoms with van der Waals surface area (Å²) < 4.78 is 11.3. The lowest BCUT2D eigenvalue weighted by Gasteiger charge is -2.05. The molecule has 0 amide bonds. The number of carbonyl (C=O) groups excluding carboxylic acids is 1. The Balaban J connectivity index is 1.30. The van der Waals surface area contributed by atoms with Crippen molar-refractivity contribution in [2.75, 3.05) is 5.75 Å². The summed E-state index contributed by atoms with van der Waals surface area (Å²) in [7, 11) is 0. The molecule has 0 saturated carbocycles. The highest BCUT2D eigenvalue weighted by molar-refractivity contribution is 7.99. The fourth-order valence-corrected chi connectivity index (χ4v) is 3.58. The summed E-state index contributed by atoms with van der Waals surface area (Å²) in [5.74, 6) is 1.39. The number of benzene rings is 3. The number of aromatic nitrogens is 2. The Kier molecular flexibility index (Phi) is 6.25. The van der Waals surface area contributed by atoms with Crippen molar-refractivity contribution in [1.82, 2.24) is 10.2 Å². The number of aryl methyl sites for hydroxylation is 1. The summed E-state index contributed by atoms with van der Waals surface area (Å²) >= 11 is 1.22. The van der Waals surface area contributed by atoms with Gasteiger partial charge in [-0.1, -0.05) is 84.6 Å². The van der Waals surface area contributed by atoms with Crippen LogP contribution in [0.5, 0.6) is 5.75 Å². The van der Waals surface area contributed by atoms with Gasteiger partial charge in [-0.05, 0) is 29.7 Å². The van der Waals surface area contributed by atoms with E-state index in [0.717, 1.165) is 22.4 Å². The molecule has 4 aromatic rings. The van der Waals surface area contributed by atoms with Crippen molar-refractivity contribution in [3.8, 4) is 16.9 Å². The Hall–Kier alpha value is -3.38. The molecule has 0 radical (unpaired) electrons. The van der Waals surface area contributed by atoms with E-state index < -0.39 is 0 Å². The number of ketones is 1. The van der Waals surface area contributed by atoms with E-state index in [9.17, 15) is 4.79 Å². The SMILES string of the molecule is Cc1ccccc1OCc1nnc(SCC(=O)c2ccc(-c3ccccc3)cc2)o1. The highest BCUT2D eigenvalue weighted by Gasteiger charge is 2.12. The fourth-order valence-electron chi connectivity index (χ4n) is 2.90. The van der Waals surface area contributed by atoms with Crippen LogP contribution in [-0.4, -0.2) is 21.7 Å². The molecule has 0 aliphatic carbocycles. The van der Waals surface area contributed by atoms with Crippen molar-refractivity contribution >= 4 is 17.5 Å². The smallest absolute Gasteiger partial charge is 0.277 e. The summed E-state index contributed by atoms with van der Waals surface area (Å²) in [5, 5.41) is 8.32. The van der Waals surface area contributed by atoms with Gasteiger partial charge in [-0.3, -0.25) is 4.79 Å². The third kappa shape index (κ3) is 4.96. The Bertz CT molecular complexity index is 1120. The van der Waals surface area contributed by atoms with E-state index in [4.69, 9.17) is 9.15 Å². The first kappa shape index (κ1) is 19.9. The van der Waals surface area contributed by atoms with Gasteiger partial charge in [0.25, 0.3) is 11.1 Å². The standard InChI is InChI=1S/C24H20N2O3S/c1-17-7-5-6-10-22(17)28-15-23-25-26-24(29-23)30-16-21(27)20-13-11-19(12-14-20)18-8-3-2-4-9-18/h2-14H,15-16H2,1H3. The van der Waals surface area contributed by atoms with E-state index in [0.29, 0.717) is 16.7 Å². The molecule has 150 valence electrons. The molecule has 5 nitrogen and oxygen atoms in total. The summed E-state index contributed by atoms with van der Waals surface area (Å²) in [4.78, 5) is 12.5. The van der Waals surface area contributed by atoms with E-state index in [-0.39, 0.29) is 18.1 Å². The van der Waals surface area contributed by atoms with Crippen molar-refractivity contribution < 1.29 is 13.9 Å². The summed E-state index contributed by atoms with van der Waals surface area (Å²) in [6, 6.07) is 25.4. The highest BCUT2D eigenvalue weighted by Crippen LogP contribution is 2.22. The maximum Gasteiger partial charge on any atom is 0.277 e. The molecule has 0 aliphatic heterocycles. The van der Waals surface area contributed by atoms with Gasteiger partial charge in [-0.25, -0.2) is 0 Å². The van der Waals surface area contributed by atoms with Crippen LogP contribution >= 0.6 is 11.8 Å². The molecule has 6 heteroatoms. The number of ether oxygens (including phenoxy) is 1. The van der Waals surface area contributed by atoms with Crippen molar-refractivity contribution in [1.29, 1.82) is 0 Å². The van der Waals surface area contributed by atoms with Crippen molar-refractivity contribution in [2.45, 2.75) is 18.8 Å². The predicted octanol–water partition coefficient (Wildman–Crippen LogP) is 5.60. The minimum absolute atomic E-state index is 0.00974. The average Bonchev–Trinajstić information content (AvgIpc) is 3.25. The van der Waals surface area contributed by atoms with Crippen LogP contribution in [0.25, 0.3) is 11.1 Å². The zero-order chi connectivity index (χ0) is 20.8. The number of para-hydroxylation sites is 1. The average molecular weight is 417 g/mol. The summed E-state index contributed by atoms with van der Waals surface area (Å²) in [6.45, 7) is 2.16. The lowest BCUT2D eigenvalue weighted by molar-refractivity contribution is 0.102. The molecule has 0 unspecified atom stereocenters. The molecular weight excluding hydrogens is 396 g/mol. The Morgan fingerprint density at radius 1 is 0.900 bits per heavy atom. The van der Waals surface area contributed by atoms with Crippen LogP contribution in [0.2, 0.25) is 0 Å². The number of rotatable bonds is 8. The molecular formula is C24H20N2O3S. The van der Waals surface area contributed by atoms with Gasteiger partial charge in [0.1, 0.15) is 5.75 Å². The lowest BCUT2D eigenvalue weighted by atomic mass is 10.0. The van der Waals surface area contributed by atoms with E-state index in [1.54, 1.807) is 0 Å². The molecule has 30 heavy (non-hydrogen) atoms. The molecule has 4 rings (SSSR count). The molecule has 0 aliphatic rings. The Morgan fingerprint density at radius 2 is 1.60 bits per heavy atom. The zero-order valence-corrected chi connectivity index (χ0v) is 17.3. The van der Waals surface area contributed by atoms with E-state index in [1.165, 1.54) is 11.8 Å². The monoisotopic (exact) mass is 416 g/mol. The minimum atomic E-state index is 0.00974. The first-order chi connectivity index (χ1) is 14.7. The molecule has 1 aromatic heterocycles. The van der Waals surface area contributed by atoms with Crippen molar-refractivity contribution in [3.05, 3.63) is 95.9 Å². The predicted molar refractivity (Wildman–Crippen MR) is 117 cm³/mol. The first-order valence-electron chi connectivity index (χ1n) is 9.51. The largest absolute Gasteiger partial charge is 0.484 e. The maximum absolute atomic E-state index is 12.5. The lowest BCUT2D eigenvalue weighted by Crippen LogP contribution is -2.02. The molecule has 0 bridgehead atoms. The van der Waals surface area contributed by atoms with Crippen LogP contribution in [0, 0.1) is 6.92 Å². The fraction of sp³-hybridized carbons (Fsp3) is 0.125. The molecule has 0 N–H and O–H groups in total. The van der Waals surface area contributed by atoms with Crippen LogP contribution in [0.15, 0.2) is 88.5 Å². The van der Waals surface area contributed by atoms with Gasteiger partial charge in [-0.15, -0.1) is 10.2 Å². The van der Waals surface area contributed by atoms with Gasteiger partial charge < -0.3 is 9.15 Å². The third-order valence-corrected chi connectivity index (χ3v) is 5.35. The third-order valence-electron chi connectivity index (χ3n) is 4.53. The quantitative estimate of drug-likeness (QED) is 0.275. The van der Waals surface area contributed by atoms with E-state index >= 15 is 0 Å². The number of carbonyl (C=O) groups is 1. The van der Waals surface area contributed by atoms with Gasteiger partial charge in [0, 0.05) is 5.56 Å². The molecule has 0 atom stereocenters. The van der Waals surface area contributed by atoms with Crippen LogP contribution in [0.3, 0.4) is 0 Å². The van der Waals surface area contributed by atoms with Crippen LogP contribution in [0.1, 0.15) is 21.8 Å². The molecule has 0 spiro atoms. The number of hydrogen-bond donors (Lipinski definition) is 0. The summed E-state index contributed by atoms with van der Waals surface area (Å²) in [6.07, 6.45) is 0. The van der Waals surface area contributed by atoms with Gasteiger partial charge >= 0.3 is 0 Å². The normalized spacial score (nSPS) is 10.7. The van der Waals surface area contributed by atoms with Gasteiger partial charge in [0.05, 0.1) is 5.75 Å².